The van der Waals surface area contributed by atoms with Crippen LogP contribution in [-0.4, -0.2) is 40.0 Å². The number of rotatable bonds is 7. The maximum Gasteiger partial charge on any atom is 0.314 e. The van der Waals surface area contributed by atoms with Crippen LogP contribution in [-0.2, 0) is 6.42 Å². The van der Waals surface area contributed by atoms with Crippen LogP contribution in [0, 0.1) is 12.8 Å². The second-order valence-electron chi connectivity index (χ2n) is 5.26. The number of amides is 2. The van der Waals surface area contributed by atoms with E-state index in [1.807, 2.05) is 13.8 Å². The van der Waals surface area contributed by atoms with Gasteiger partial charge in [0.05, 0.1) is 5.60 Å². The highest BCUT2D eigenvalue weighted by Gasteiger charge is 2.27. The number of hydrogen-bond donors (Lipinski definition) is 3. The molecule has 2 atom stereocenters. The van der Waals surface area contributed by atoms with Crippen molar-refractivity contribution in [3.05, 3.63) is 11.7 Å². The molecule has 0 aliphatic heterocycles. The smallest absolute Gasteiger partial charge is 0.314 e. The van der Waals surface area contributed by atoms with Crippen LogP contribution >= 0.6 is 0 Å². The summed E-state index contributed by atoms with van der Waals surface area (Å²) in [5.74, 6) is 1.19. The minimum Gasteiger partial charge on any atom is -0.388 e. The highest BCUT2D eigenvalue weighted by Crippen LogP contribution is 2.18. The SMILES string of the molecule is CCC(C)C(C)(O)CNC(=O)NCCc1nc(C)no1. The van der Waals surface area contributed by atoms with Gasteiger partial charge in [0.2, 0.25) is 5.89 Å². The van der Waals surface area contributed by atoms with Crippen molar-refractivity contribution in [2.24, 2.45) is 5.92 Å². The van der Waals surface area contributed by atoms with E-state index in [9.17, 15) is 9.90 Å². The van der Waals surface area contributed by atoms with Crippen LogP contribution in [0.3, 0.4) is 0 Å². The van der Waals surface area contributed by atoms with Gasteiger partial charge in [-0.3, -0.25) is 0 Å². The highest BCUT2D eigenvalue weighted by molar-refractivity contribution is 5.73. The fraction of sp³-hybridized carbons (Fsp3) is 0.769. The van der Waals surface area contributed by atoms with Gasteiger partial charge in [-0.05, 0) is 19.8 Å². The van der Waals surface area contributed by atoms with Crippen molar-refractivity contribution in [1.82, 2.24) is 20.8 Å². The monoisotopic (exact) mass is 284 g/mol. The fourth-order valence-corrected chi connectivity index (χ4v) is 1.66. The Labute approximate surface area is 119 Å². The van der Waals surface area contributed by atoms with E-state index in [1.54, 1.807) is 13.8 Å². The summed E-state index contributed by atoms with van der Waals surface area (Å²) < 4.78 is 4.93. The standard InChI is InChI=1S/C13H24N4O3/c1-5-9(2)13(4,19)8-15-12(18)14-7-6-11-16-10(3)17-20-11/h9,19H,5-8H2,1-4H3,(H2,14,15,18). The van der Waals surface area contributed by atoms with Gasteiger partial charge in [0.25, 0.3) is 0 Å². The normalized spacial score (nSPS) is 15.4. The van der Waals surface area contributed by atoms with E-state index < -0.39 is 5.60 Å². The number of aliphatic hydroxyl groups is 1. The lowest BCUT2D eigenvalue weighted by molar-refractivity contribution is 0.00791. The molecule has 0 aliphatic carbocycles. The number of carbonyl (C=O) groups excluding carboxylic acids is 1. The summed E-state index contributed by atoms with van der Waals surface area (Å²) in [7, 11) is 0. The number of aromatic nitrogens is 2. The third-order valence-electron chi connectivity index (χ3n) is 3.47. The van der Waals surface area contributed by atoms with Gasteiger partial charge < -0.3 is 20.3 Å². The average Bonchev–Trinajstić information content (AvgIpc) is 2.81. The Morgan fingerprint density at radius 2 is 2.20 bits per heavy atom. The summed E-state index contributed by atoms with van der Waals surface area (Å²) >= 11 is 0. The molecular weight excluding hydrogens is 260 g/mol. The summed E-state index contributed by atoms with van der Waals surface area (Å²) in [6.45, 7) is 8.04. The molecule has 1 rings (SSSR count). The van der Waals surface area contributed by atoms with Crippen LogP contribution in [0.15, 0.2) is 4.52 Å². The third kappa shape index (κ3) is 5.16. The molecule has 7 heteroatoms. The molecule has 1 heterocycles. The molecule has 1 aromatic heterocycles. The van der Waals surface area contributed by atoms with Gasteiger partial charge in [0.15, 0.2) is 5.82 Å². The topological polar surface area (TPSA) is 100 Å². The molecule has 0 bridgehead atoms. The van der Waals surface area contributed by atoms with E-state index in [2.05, 4.69) is 20.8 Å². The Balaban J connectivity index is 2.23. The maximum absolute atomic E-state index is 11.6. The molecule has 114 valence electrons. The van der Waals surface area contributed by atoms with Crippen LogP contribution < -0.4 is 10.6 Å². The molecule has 20 heavy (non-hydrogen) atoms. The first-order chi connectivity index (χ1) is 9.35. The lowest BCUT2D eigenvalue weighted by Crippen LogP contribution is -2.48. The zero-order valence-corrected chi connectivity index (χ0v) is 12.6. The number of aryl methyl sites for hydroxylation is 1. The number of nitrogens with one attached hydrogen (secondary N) is 2. The first kappa shape index (κ1) is 16.4. The van der Waals surface area contributed by atoms with E-state index in [-0.39, 0.29) is 18.5 Å². The molecule has 0 saturated heterocycles. The molecule has 0 aromatic carbocycles. The molecule has 0 radical (unpaired) electrons. The first-order valence-electron chi connectivity index (χ1n) is 6.88. The van der Waals surface area contributed by atoms with E-state index in [0.29, 0.717) is 24.7 Å². The Bertz CT molecular complexity index is 431. The molecule has 0 saturated carbocycles. The van der Waals surface area contributed by atoms with Crippen LogP contribution in [0.25, 0.3) is 0 Å². The molecule has 0 fully saturated rings. The Hall–Kier alpha value is -1.63. The van der Waals surface area contributed by atoms with Crippen molar-refractivity contribution in [3.63, 3.8) is 0 Å². The van der Waals surface area contributed by atoms with Crippen molar-refractivity contribution in [2.75, 3.05) is 13.1 Å². The lowest BCUT2D eigenvalue weighted by atomic mass is 9.89. The number of carbonyl (C=O) groups is 1. The largest absolute Gasteiger partial charge is 0.388 e. The van der Waals surface area contributed by atoms with Crippen LogP contribution in [0.5, 0.6) is 0 Å². The predicted molar refractivity (Wildman–Crippen MR) is 74.2 cm³/mol. The van der Waals surface area contributed by atoms with Gasteiger partial charge in [-0.25, -0.2) is 4.79 Å². The summed E-state index contributed by atoms with van der Waals surface area (Å²) in [6, 6.07) is -0.315. The molecule has 2 unspecified atom stereocenters. The van der Waals surface area contributed by atoms with Gasteiger partial charge in [0, 0.05) is 19.5 Å². The Kier molecular flexibility index (Phi) is 5.94. The Morgan fingerprint density at radius 3 is 2.75 bits per heavy atom. The molecule has 1 aromatic rings. The second-order valence-corrected chi connectivity index (χ2v) is 5.26. The summed E-state index contributed by atoms with van der Waals surface area (Å²) in [5, 5.41) is 19.2. The van der Waals surface area contributed by atoms with E-state index >= 15 is 0 Å². The average molecular weight is 284 g/mol. The van der Waals surface area contributed by atoms with Crippen molar-refractivity contribution in [1.29, 1.82) is 0 Å². The van der Waals surface area contributed by atoms with Gasteiger partial charge in [-0.1, -0.05) is 25.4 Å². The van der Waals surface area contributed by atoms with Gasteiger partial charge in [-0.15, -0.1) is 0 Å². The molecule has 3 N–H and O–H groups in total. The number of nitrogens with zero attached hydrogens (tertiary/aromatic N) is 2. The maximum atomic E-state index is 11.6. The summed E-state index contributed by atoms with van der Waals surface area (Å²) in [4.78, 5) is 15.6. The number of urea groups is 1. The summed E-state index contributed by atoms with van der Waals surface area (Å²) in [5.41, 5.74) is -0.907. The van der Waals surface area contributed by atoms with Crippen LogP contribution in [0.2, 0.25) is 0 Å². The molecule has 0 aliphatic rings. The van der Waals surface area contributed by atoms with Crippen molar-refractivity contribution >= 4 is 6.03 Å². The summed E-state index contributed by atoms with van der Waals surface area (Å²) in [6.07, 6.45) is 1.34. The lowest BCUT2D eigenvalue weighted by Gasteiger charge is -2.29. The minimum atomic E-state index is -0.907. The zero-order chi connectivity index (χ0) is 15.2. The quantitative estimate of drug-likeness (QED) is 0.694. The highest BCUT2D eigenvalue weighted by atomic mass is 16.5. The Morgan fingerprint density at radius 1 is 1.50 bits per heavy atom. The van der Waals surface area contributed by atoms with Gasteiger partial charge >= 0.3 is 6.03 Å². The molecule has 7 nitrogen and oxygen atoms in total. The van der Waals surface area contributed by atoms with Crippen LogP contribution in [0.1, 0.15) is 38.9 Å². The molecule has 2 amide bonds. The van der Waals surface area contributed by atoms with Crippen LogP contribution in [0.4, 0.5) is 4.79 Å². The zero-order valence-electron chi connectivity index (χ0n) is 12.6. The van der Waals surface area contributed by atoms with E-state index in [4.69, 9.17) is 4.52 Å². The molecule has 0 spiro atoms. The first-order valence-corrected chi connectivity index (χ1v) is 6.88. The van der Waals surface area contributed by atoms with Gasteiger partial charge in [0.1, 0.15) is 0 Å². The minimum absolute atomic E-state index is 0.115. The number of hydrogen-bond acceptors (Lipinski definition) is 5. The fourth-order valence-electron chi connectivity index (χ4n) is 1.66. The second kappa shape index (κ2) is 7.23. The van der Waals surface area contributed by atoms with E-state index in [0.717, 1.165) is 6.42 Å². The van der Waals surface area contributed by atoms with E-state index in [1.165, 1.54) is 0 Å². The predicted octanol–water partition coefficient (Wildman–Crippen LogP) is 1.02. The van der Waals surface area contributed by atoms with Gasteiger partial charge in [-0.2, -0.15) is 4.98 Å². The molecular formula is C13H24N4O3. The third-order valence-corrected chi connectivity index (χ3v) is 3.47. The van der Waals surface area contributed by atoms with Crippen molar-refractivity contribution in [2.45, 2.75) is 46.1 Å². The van der Waals surface area contributed by atoms with Crippen molar-refractivity contribution < 1.29 is 14.4 Å². The van der Waals surface area contributed by atoms with Crippen molar-refractivity contribution in [3.8, 4) is 0 Å².